The summed E-state index contributed by atoms with van der Waals surface area (Å²) in [5, 5.41) is 9.78. The molecule has 15 heavy (non-hydrogen) atoms. The summed E-state index contributed by atoms with van der Waals surface area (Å²) in [6, 6.07) is 3.81. The minimum absolute atomic E-state index is 0.0471. The zero-order valence-electron chi connectivity index (χ0n) is 8.99. The first kappa shape index (κ1) is 10.6. The van der Waals surface area contributed by atoms with Crippen molar-refractivity contribution in [3.05, 3.63) is 21.9 Å². The number of β-amino-alcohol motifs (C(OH)–C–C–N with tert-alkyl or cyclic N) is 1. The highest BCUT2D eigenvalue weighted by Gasteiger charge is 2.34. The lowest BCUT2D eigenvalue weighted by Gasteiger charge is -2.18. The fourth-order valence-corrected chi connectivity index (χ4v) is 2.66. The van der Waals surface area contributed by atoms with Crippen molar-refractivity contribution in [2.75, 3.05) is 13.1 Å². The molecule has 0 saturated carbocycles. The minimum atomic E-state index is -0.706. The van der Waals surface area contributed by atoms with Crippen LogP contribution in [0.1, 0.15) is 27.9 Å². The zero-order valence-corrected chi connectivity index (χ0v) is 9.80. The molecule has 1 aliphatic rings. The number of likely N-dealkylation sites (tertiary alicyclic amines) is 1. The van der Waals surface area contributed by atoms with Crippen LogP contribution in [0.2, 0.25) is 0 Å². The van der Waals surface area contributed by atoms with Crippen molar-refractivity contribution in [3.63, 3.8) is 0 Å². The summed E-state index contributed by atoms with van der Waals surface area (Å²) >= 11 is 1.51. The van der Waals surface area contributed by atoms with E-state index < -0.39 is 5.60 Å². The van der Waals surface area contributed by atoms with Crippen molar-refractivity contribution in [1.29, 1.82) is 0 Å². The van der Waals surface area contributed by atoms with E-state index in [-0.39, 0.29) is 5.91 Å². The Hall–Kier alpha value is -0.870. The van der Waals surface area contributed by atoms with E-state index >= 15 is 0 Å². The van der Waals surface area contributed by atoms with Gasteiger partial charge in [0.25, 0.3) is 5.91 Å². The molecule has 1 atom stereocenters. The van der Waals surface area contributed by atoms with E-state index in [4.69, 9.17) is 0 Å². The molecular weight excluding hydrogens is 210 g/mol. The molecule has 1 aliphatic heterocycles. The number of nitrogens with zero attached hydrogens (tertiary/aromatic N) is 1. The molecule has 82 valence electrons. The number of thiophene rings is 1. The SMILES string of the molecule is Cc1ccc(C(=O)N2CCC(C)(O)C2)s1. The molecule has 1 aromatic heterocycles. The Kier molecular flexibility index (Phi) is 2.56. The van der Waals surface area contributed by atoms with E-state index in [1.165, 1.54) is 11.3 Å². The summed E-state index contributed by atoms with van der Waals surface area (Å²) in [4.78, 5) is 15.6. The van der Waals surface area contributed by atoms with Crippen molar-refractivity contribution in [2.45, 2.75) is 25.9 Å². The highest BCUT2D eigenvalue weighted by molar-refractivity contribution is 7.13. The van der Waals surface area contributed by atoms with Crippen LogP contribution in [-0.2, 0) is 0 Å². The molecule has 0 spiro atoms. The third kappa shape index (κ3) is 2.21. The Labute approximate surface area is 93.3 Å². The third-order valence-corrected chi connectivity index (χ3v) is 3.68. The van der Waals surface area contributed by atoms with Crippen LogP contribution in [-0.4, -0.2) is 34.6 Å². The molecule has 0 aliphatic carbocycles. The van der Waals surface area contributed by atoms with Gasteiger partial charge in [0, 0.05) is 18.0 Å². The molecule has 1 fully saturated rings. The van der Waals surface area contributed by atoms with Gasteiger partial charge in [-0.1, -0.05) is 0 Å². The first-order chi connectivity index (χ1) is 6.98. The molecule has 0 bridgehead atoms. The molecule has 1 amide bonds. The molecule has 1 N–H and O–H groups in total. The molecule has 2 heterocycles. The van der Waals surface area contributed by atoms with Crippen LogP contribution >= 0.6 is 11.3 Å². The maximum atomic E-state index is 12.0. The number of carbonyl (C=O) groups is 1. The van der Waals surface area contributed by atoms with Crippen molar-refractivity contribution in [2.24, 2.45) is 0 Å². The molecule has 1 saturated heterocycles. The van der Waals surface area contributed by atoms with Crippen LogP contribution in [0, 0.1) is 6.92 Å². The van der Waals surface area contributed by atoms with Gasteiger partial charge < -0.3 is 10.0 Å². The van der Waals surface area contributed by atoms with Gasteiger partial charge in [0.2, 0.25) is 0 Å². The quantitative estimate of drug-likeness (QED) is 0.789. The van der Waals surface area contributed by atoms with E-state index in [1.807, 2.05) is 19.1 Å². The highest BCUT2D eigenvalue weighted by Crippen LogP contribution is 2.24. The lowest BCUT2D eigenvalue weighted by atomic mass is 10.1. The van der Waals surface area contributed by atoms with Crippen molar-refractivity contribution in [3.8, 4) is 0 Å². The Balaban J connectivity index is 2.10. The summed E-state index contributed by atoms with van der Waals surface area (Å²) in [5.41, 5.74) is -0.706. The first-order valence-electron chi connectivity index (χ1n) is 5.06. The minimum Gasteiger partial charge on any atom is -0.388 e. The second kappa shape index (κ2) is 3.61. The summed E-state index contributed by atoms with van der Waals surface area (Å²) in [5.74, 6) is 0.0471. The number of aryl methyl sites for hydroxylation is 1. The number of carbonyl (C=O) groups excluding carboxylic acids is 1. The standard InChI is InChI=1S/C11H15NO2S/c1-8-3-4-9(15-8)10(13)12-6-5-11(2,14)7-12/h3-4,14H,5-7H2,1-2H3. The predicted molar refractivity (Wildman–Crippen MR) is 60.2 cm³/mol. The summed E-state index contributed by atoms with van der Waals surface area (Å²) < 4.78 is 0. The van der Waals surface area contributed by atoms with Crippen LogP contribution in [0.4, 0.5) is 0 Å². The van der Waals surface area contributed by atoms with E-state index in [2.05, 4.69) is 0 Å². The number of hydrogen-bond donors (Lipinski definition) is 1. The number of hydrogen-bond acceptors (Lipinski definition) is 3. The number of aliphatic hydroxyl groups is 1. The highest BCUT2D eigenvalue weighted by atomic mass is 32.1. The molecule has 0 aromatic carbocycles. The molecule has 2 rings (SSSR count). The Morgan fingerprint density at radius 2 is 2.33 bits per heavy atom. The summed E-state index contributed by atoms with van der Waals surface area (Å²) in [7, 11) is 0. The summed E-state index contributed by atoms with van der Waals surface area (Å²) in [6.07, 6.45) is 0.670. The maximum absolute atomic E-state index is 12.0. The lowest BCUT2D eigenvalue weighted by molar-refractivity contribution is 0.0575. The molecule has 4 heteroatoms. The van der Waals surface area contributed by atoms with E-state index in [9.17, 15) is 9.90 Å². The maximum Gasteiger partial charge on any atom is 0.264 e. The van der Waals surface area contributed by atoms with E-state index in [1.54, 1.807) is 11.8 Å². The average Bonchev–Trinajstić information content (AvgIpc) is 2.71. The molecule has 3 nitrogen and oxygen atoms in total. The normalized spacial score (nSPS) is 25.9. The Morgan fingerprint density at radius 1 is 1.60 bits per heavy atom. The fraction of sp³-hybridized carbons (Fsp3) is 0.545. The van der Waals surface area contributed by atoms with Gasteiger partial charge in [-0.05, 0) is 32.4 Å². The first-order valence-corrected chi connectivity index (χ1v) is 5.88. The van der Waals surface area contributed by atoms with Crippen molar-refractivity contribution < 1.29 is 9.90 Å². The largest absolute Gasteiger partial charge is 0.388 e. The second-order valence-corrected chi connectivity index (χ2v) is 5.67. The predicted octanol–water partition coefficient (Wildman–Crippen LogP) is 1.65. The Morgan fingerprint density at radius 3 is 2.80 bits per heavy atom. The van der Waals surface area contributed by atoms with Crippen LogP contribution < -0.4 is 0 Å². The van der Waals surface area contributed by atoms with Crippen LogP contribution in [0.5, 0.6) is 0 Å². The van der Waals surface area contributed by atoms with Gasteiger partial charge in [0.15, 0.2) is 0 Å². The monoisotopic (exact) mass is 225 g/mol. The third-order valence-electron chi connectivity index (χ3n) is 2.69. The van der Waals surface area contributed by atoms with E-state index in [0.717, 1.165) is 9.75 Å². The van der Waals surface area contributed by atoms with Gasteiger partial charge in [-0.2, -0.15) is 0 Å². The van der Waals surface area contributed by atoms with Gasteiger partial charge in [-0.25, -0.2) is 0 Å². The smallest absolute Gasteiger partial charge is 0.264 e. The average molecular weight is 225 g/mol. The molecule has 1 aromatic rings. The van der Waals surface area contributed by atoms with Crippen LogP contribution in [0.25, 0.3) is 0 Å². The zero-order chi connectivity index (χ0) is 11.1. The summed E-state index contributed by atoms with van der Waals surface area (Å²) in [6.45, 7) is 4.87. The van der Waals surface area contributed by atoms with Crippen LogP contribution in [0.3, 0.4) is 0 Å². The van der Waals surface area contributed by atoms with Crippen molar-refractivity contribution >= 4 is 17.2 Å². The van der Waals surface area contributed by atoms with E-state index in [0.29, 0.717) is 19.5 Å². The van der Waals surface area contributed by atoms with Gasteiger partial charge in [-0.3, -0.25) is 4.79 Å². The van der Waals surface area contributed by atoms with Crippen molar-refractivity contribution in [1.82, 2.24) is 4.90 Å². The van der Waals surface area contributed by atoms with Crippen LogP contribution in [0.15, 0.2) is 12.1 Å². The number of amides is 1. The Bertz CT molecular complexity index is 384. The molecular formula is C11H15NO2S. The second-order valence-electron chi connectivity index (χ2n) is 4.38. The lowest BCUT2D eigenvalue weighted by Crippen LogP contribution is -2.33. The van der Waals surface area contributed by atoms with Gasteiger partial charge in [0.1, 0.15) is 0 Å². The van der Waals surface area contributed by atoms with Gasteiger partial charge in [0.05, 0.1) is 10.5 Å². The topological polar surface area (TPSA) is 40.5 Å². The van der Waals surface area contributed by atoms with Gasteiger partial charge >= 0.3 is 0 Å². The number of rotatable bonds is 1. The van der Waals surface area contributed by atoms with Gasteiger partial charge in [-0.15, -0.1) is 11.3 Å². The fourth-order valence-electron chi connectivity index (χ4n) is 1.82. The molecule has 1 unspecified atom stereocenters. The molecule has 0 radical (unpaired) electrons.